The number of carbonyl (C=O) groups excluding carboxylic acids is 2. The van der Waals surface area contributed by atoms with Crippen LogP contribution in [-0.4, -0.2) is 18.4 Å². The molecule has 0 aliphatic heterocycles. The summed E-state index contributed by atoms with van der Waals surface area (Å²) >= 11 is 0. The number of benzene rings is 2. The van der Waals surface area contributed by atoms with E-state index >= 15 is 0 Å². The summed E-state index contributed by atoms with van der Waals surface area (Å²) < 4.78 is 0. The van der Waals surface area contributed by atoms with Crippen molar-refractivity contribution in [3.8, 4) is 0 Å². The second kappa shape index (κ2) is 9.79. The van der Waals surface area contributed by atoms with E-state index in [1.54, 1.807) is 12.1 Å². The molecule has 0 atom stereocenters. The van der Waals surface area contributed by atoms with Gasteiger partial charge >= 0.3 is 0 Å². The van der Waals surface area contributed by atoms with Crippen molar-refractivity contribution in [3.63, 3.8) is 0 Å². The molecule has 2 aromatic carbocycles. The van der Waals surface area contributed by atoms with Crippen LogP contribution in [0.4, 0.5) is 11.4 Å². The lowest BCUT2D eigenvalue weighted by Crippen LogP contribution is -2.44. The Labute approximate surface area is 178 Å². The van der Waals surface area contributed by atoms with Crippen LogP contribution < -0.4 is 16.4 Å². The largest absolute Gasteiger partial charge is 0.399 e. The number of halogens is 1. The molecule has 29 heavy (non-hydrogen) atoms. The van der Waals surface area contributed by atoms with E-state index in [1.807, 2.05) is 37.3 Å². The molecule has 4 N–H and O–H groups in total. The van der Waals surface area contributed by atoms with Crippen LogP contribution in [0.2, 0.25) is 0 Å². The fraction of sp³-hybridized carbons (Fsp3) is 0.391. The number of aryl methyl sites for hydroxylation is 2. The van der Waals surface area contributed by atoms with E-state index in [2.05, 4.69) is 17.6 Å². The van der Waals surface area contributed by atoms with Gasteiger partial charge < -0.3 is 16.4 Å². The van der Waals surface area contributed by atoms with E-state index in [1.165, 1.54) is 5.56 Å². The zero-order valence-electron chi connectivity index (χ0n) is 17.1. The van der Waals surface area contributed by atoms with Gasteiger partial charge in [-0.1, -0.05) is 31.0 Å². The lowest BCUT2D eigenvalue weighted by Gasteiger charge is -2.28. The fourth-order valence-electron chi connectivity index (χ4n) is 3.77. The van der Waals surface area contributed by atoms with Crippen molar-refractivity contribution >= 4 is 35.6 Å². The summed E-state index contributed by atoms with van der Waals surface area (Å²) in [5.74, 6) is -0.0731. The molecule has 2 amide bonds. The summed E-state index contributed by atoms with van der Waals surface area (Å²) in [4.78, 5) is 25.5. The Hall–Kier alpha value is -2.53. The lowest BCUT2D eigenvalue weighted by molar-refractivity contribution is -0.126. The van der Waals surface area contributed by atoms with E-state index in [-0.39, 0.29) is 30.6 Å². The van der Waals surface area contributed by atoms with Gasteiger partial charge in [0.2, 0.25) is 11.8 Å². The highest BCUT2D eigenvalue weighted by Gasteiger charge is 2.41. The molecular formula is C23H30ClN3O2. The van der Waals surface area contributed by atoms with Gasteiger partial charge in [-0.2, -0.15) is 0 Å². The minimum Gasteiger partial charge on any atom is -0.399 e. The molecule has 1 fully saturated rings. The van der Waals surface area contributed by atoms with Gasteiger partial charge in [-0.15, -0.1) is 12.4 Å². The SMILES string of the molecule is Cc1ccc(NC(=O)C2(CNC(=O)Cc3ccc(N)cc3)CCCC2)cc1C.Cl. The Kier molecular flexibility index (Phi) is 7.68. The molecule has 2 aromatic rings. The number of nitrogen functional groups attached to an aromatic ring is 1. The molecule has 6 heteroatoms. The lowest BCUT2D eigenvalue weighted by atomic mass is 9.84. The van der Waals surface area contributed by atoms with Crippen molar-refractivity contribution in [1.82, 2.24) is 5.32 Å². The highest BCUT2D eigenvalue weighted by molar-refractivity contribution is 5.96. The Bertz CT molecular complexity index is 859. The summed E-state index contributed by atoms with van der Waals surface area (Å²) in [5, 5.41) is 6.05. The van der Waals surface area contributed by atoms with Crippen LogP contribution in [0, 0.1) is 19.3 Å². The topological polar surface area (TPSA) is 84.2 Å². The van der Waals surface area contributed by atoms with Gasteiger partial charge in [0.25, 0.3) is 0 Å². The van der Waals surface area contributed by atoms with E-state index in [0.717, 1.165) is 42.5 Å². The zero-order chi connectivity index (χ0) is 20.1. The third kappa shape index (κ3) is 5.73. The fourth-order valence-corrected chi connectivity index (χ4v) is 3.77. The smallest absolute Gasteiger partial charge is 0.232 e. The molecule has 1 aliphatic rings. The van der Waals surface area contributed by atoms with Crippen LogP contribution in [0.15, 0.2) is 42.5 Å². The molecule has 0 bridgehead atoms. The van der Waals surface area contributed by atoms with E-state index in [0.29, 0.717) is 12.2 Å². The Balaban J connectivity index is 0.00000300. The molecule has 1 saturated carbocycles. The first kappa shape index (κ1) is 22.8. The van der Waals surface area contributed by atoms with Gasteiger partial charge in [0.05, 0.1) is 11.8 Å². The van der Waals surface area contributed by atoms with E-state index in [9.17, 15) is 9.59 Å². The number of rotatable bonds is 6. The van der Waals surface area contributed by atoms with Gasteiger partial charge in [0, 0.05) is 17.9 Å². The number of hydrogen-bond acceptors (Lipinski definition) is 3. The summed E-state index contributed by atoms with van der Waals surface area (Å²) in [6.07, 6.45) is 3.90. The third-order valence-electron chi connectivity index (χ3n) is 5.78. The number of nitrogens with two attached hydrogens (primary N) is 1. The normalized spacial score (nSPS) is 14.7. The number of amides is 2. The molecule has 5 nitrogen and oxygen atoms in total. The monoisotopic (exact) mass is 415 g/mol. The van der Waals surface area contributed by atoms with Crippen LogP contribution in [0.5, 0.6) is 0 Å². The Morgan fingerprint density at radius 2 is 1.66 bits per heavy atom. The zero-order valence-corrected chi connectivity index (χ0v) is 17.9. The molecule has 0 radical (unpaired) electrons. The van der Waals surface area contributed by atoms with Crippen molar-refractivity contribution in [2.45, 2.75) is 46.0 Å². The molecule has 0 saturated heterocycles. The maximum Gasteiger partial charge on any atom is 0.232 e. The molecule has 156 valence electrons. The maximum absolute atomic E-state index is 13.1. The van der Waals surface area contributed by atoms with Gasteiger partial charge in [0.1, 0.15) is 0 Å². The number of anilines is 2. The first-order chi connectivity index (χ1) is 13.4. The average Bonchev–Trinajstić information content (AvgIpc) is 3.15. The highest BCUT2D eigenvalue weighted by Crippen LogP contribution is 2.38. The molecule has 0 unspecified atom stereocenters. The predicted molar refractivity (Wildman–Crippen MR) is 120 cm³/mol. The summed E-state index contributed by atoms with van der Waals surface area (Å²) in [6.45, 7) is 4.46. The average molecular weight is 416 g/mol. The quantitative estimate of drug-likeness (QED) is 0.619. The first-order valence-electron chi connectivity index (χ1n) is 9.88. The summed E-state index contributed by atoms with van der Waals surface area (Å²) in [5.41, 5.74) is 9.90. The molecular weight excluding hydrogens is 386 g/mol. The van der Waals surface area contributed by atoms with Crippen molar-refractivity contribution < 1.29 is 9.59 Å². The second-order valence-electron chi connectivity index (χ2n) is 7.94. The van der Waals surface area contributed by atoms with Crippen molar-refractivity contribution in [1.29, 1.82) is 0 Å². The third-order valence-corrected chi connectivity index (χ3v) is 5.78. The summed E-state index contributed by atoms with van der Waals surface area (Å²) in [6, 6.07) is 13.2. The van der Waals surface area contributed by atoms with Gasteiger partial charge in [0.15, 0.2) is 0 Å². The molecule has 1 aliphatic carbocycles. The van der Waals surface area contributed by atoms with Crippen LogP contribution in [0.1, 0.15) is 42.4 Å². The van der Waals surface area contributed by atoms with Crippen molar-refractivity contribution in [3.05, 3.63) is 59.2 Å². The number of carbonyl (C=O) groups is 2. The van der Waals surface area contributed by atoms with Crippen LogP contribution in [0.25, 0.3) is 0 Å². The number of hydrogen-bond donors (Lipinski definition) is 3. The molecule has 0 heterocycles. The van der Waals surface area contributed by atoms with Gasteiger partial charge in [-0.25, -0.2) is 0 Å². The number of nitrogens with one attached hydrogen (secondary N) is 2. The minimum absolute atomic E-state index is 0. The van der Waals surface area contributed by atoms with Gasteiger partial charge in [-0.3, -0.25) is 9.59 Å². The predicted octanol–water partition coefficient (Wildman–Crippen LogP) is 4.17. The van der Waals surface area contributed by atoms with Crippen LogP contribution >= 0.6 is 12.4 Å². The molecule has 0 aromatic heterocycles. The Morgan fingerprint density at radius 3 is 2.28 bits per heavy atom. The Morgan fingerprint density at radius 1 is 1.00 bits per heavy atom. The maximum atomic E-state index is 13.1. The highest BCUT2D eigenvalue weighted by atomic mass is 35.5. The standard InChI is InChI=1S/C23H29N3O2.ClH/c1-16-5-10-20(13-17(16)2)26-22(28)23(11-3-4-12-23)15-25-21(27)14-18-6-8-19(24)9-7-18;/h5-10,13H,3-4,11-12,14-15,24H2,1-2H3,(H,25,27)(H,26,28);1H. The van der Waals surface area contributed by atoms with Crippen LogP contribution in [0.3, 0.4) is 0 Å². The van der Waals surface area contributed by atoms with Crippen molar-refractivity contribution in [2.75, 3.05) is 17.6 Å². The van der Waals surface area contributed by atoms with Gasteiger partial charge in [-0.05, 0) is 67.6 Å². The molecule has 3 rings (SSSR count). The van der Waals surface area contributed by atoms with Crippen LogP contribution in [-0.2, 0) is 16.0 Å². The van der Waals surface area contributed by atoms with E-state index in [4.69, 9.17) is 5.73 Å². The second-order valence-corrected chi connectivity index (χ2v) is 7.94. The van der Waals surface area contributed by atoms with E-state index < -0.39 is 5.41 Å². The van der Waals surface area contributed by atoms with Crippen molar-refractivity contribution in [2.24, 2.45) is 5.41 Å². The first-order valence-corrected chi connectivity index (χ1v) is 9.88. The molecule has 0 spiro atoms. The summed E-state index contributed by atoms with van der Waals surface area (Å²) in [7, 11) is 0. The minimum atomic E-state index is -0.532.